The highest BCUT2D eigenvalue weighted by molar-refractivity contribution is 5.91. The molecule has 0 unspecified atom stereocenters. The first-order valence-electron chi connectivity index (χ1n) is 8.79. The molecule has 0 atom stereocenters. The Bertz CT molecular complexity index is 1030. The van der Waals surface area contributed by atoms with Gasteiger partial charge in [0.05, 0.1) is 13.7 Å². The fraction of sp³-hybridized carbons (Fsp3) is 0.190. The number of halogens is 1. The van der Waals surface area contributed by atoms with Crippen molar-refractivity contribution in [3.05, 3.63) is 93.7 Å². The van der Waals surface area contributed by atoms with Gasteiger partial charge in [-0.25, -0.2) is 9.07 Å². The second-order valence-corrected chi connectivity index (χ2v) is 6.16. The van der Waals surface area contributed by atoms with E-state index in [-0.39, 0.29) is 23.7 Å². The summed E-state index contributed by atoms with van der Waals surface area (Å²) in [5.74, 6) is -0.0165. The van der Waals surface area contributed by atoms with Crippen molar-refractivity contribution in [1.29, 1.82) is 0 Å². The lowest BCUT2D eigenvalue weighted by atomic mass is 10.1. The quantitative estimate of drug-likeness (QED) is 0.682. The molecule has 144 valence electrons. The van der Waals surface area contributed by atoms with Gasteiger partial charge in [-0.15, -0.1) is 0 Å². The van der Waals surface area contributed by atoms with Gasteiger partial charge in [-0.2, -0.15) is 5.10 Å². The van der Waals surface area contributed by atoms with Crippen LogP contribution in [-0.4, -0.2) is 29.3 Å². The number of rotatable bonds is 7. The van der Waals surface area contributed by atoms with Crippen molar-refractivity contribution in [3.63, 3.8) is 0 Å². The van der Waals surface area contributed by atoms with Crippen molar-refractivity contribution < 1.29 is 13.9 Å². The Morgan fingerprint density at radius 2 is 1.96 bits per heavy atom. The number of nitrogens with one attached hydrogen (secondary N) is 1. The summed E-state index contributed by atoms with van der Waals surface area (Å²) in [7, 11) is 1.60. The molecule has 0 aliphatic carbocycles. The highest BCUT2D eigenvalue weighted by atomic mass is 19.1. The molecule has 1 N–H and O–H groups in total. The Labute approximate surface area is 161 Å². The number of benzene rings is 2. The normalized spacial score (nSPS) is 10.5. The first-order valence-corrected chi connectivity index (χ1v) is 8.79. The van der Waals surface area contributed by atoms with E-state index in [1.807, 2.05) is 24.3 Å². The lowest BCUT2D eigenvalue weighted by Gasteiger charge is -2.10. The second-order valence-electron chi connectivity index (χ2n) is 6.16. The third kappa shape index (κ3) is 4.82. The van der Waals surface area contributed by atoms with Crippen LogP contribution in [0.5, 0.6) is 5.75 Å². The van der Waals surface area contributed by atoms with Crippen LogP contribution in [0, 0.1) is 5.82 Å². The summed E-state index contributed by atoms with van der Waals surface area (Å²) in [6.45, 7) is 0.475. The molecule has 6 nitrogen and oxygen atoms in total. The minimum atomic E-state index is -0.393. The number of nitrogens with zero attached hydrogens (tertiary/aromatic N) is 2. The van der Waals surface area contributed by atoms with E-state index in [4.69, 9.17) is 4.74 Å². The summed E-state index contributed by atoms with van der Waals surface area (Å²) in [5.41, 5.74) is 1.32. The van der Waals surface area contributed by atoms with E-state index in [1.165, 1.54) is 24.3 Å². The number of hydrogen-bond donors (Lipinski definition) is 1. The maximum atomic E-state index is 13.3. The fourth-order valence-electron chi connectivity index (χ4n) is 2.80. The zero-order valence-electron chi connectivity index (χ0n) is 15.4. The third-order valence-corrected chi connectivity index (χ3v) is 4.19. The molecule has 0 aliphatic heterocycles. The van der Waals surface area contributed by atoms with Crippen molar-refractivity contribution in [3.8, 4) is 5.75 Å². The third-order valence-electron chi connectivity index (χ3n) is 4.19. The van der Waals surface area contributed by atoms with Gasteiger partial charge in [0, 0.05) is 12.6 Å². The largest absolute Gasteiger partial charge is 0.496 e. The number of carbonyl (C=O) groups excluding carboxylic acids is 1. The van der Waals surface area contributed by atoms with Gasteiger partial charge in [0.25, 0.3) is 11.5 Å². The predicted octanol–water partition coefficient (Wildman–Crippen LogP) is 2.41. The van der Waals surface area contributed by atoms with Crippen LogP contribution in [-0.2, 0) is 13.0 Å². The number of para-hydroxylation sites is 1. The van der Waals surface area contributed by atoms with Crippen LogP contribution in [0.2, 0.25) is 0 Å². The van der Waals surface area contributed by atoms with Gasteiger partial charge >= 0.3 is 0 Å². The summed E-state index contributed by atoms with van der Waals surface area (Å²) in [6, 6.07) is 16.1. The molecule has 3 rings (SSSR count). The van der Waals surface area contributed by atoms with Crippen LogP contribution >= 0.6 is 0 Å². The highest BCUT2D eigenvalue weighted by Gasteiger charge is 2.10. The Morgan fingerprint density at radius 3 is 2.75 bits per heavy atom. The van der Waals surface area contributed by atoms with Crippen molar-refractivity contribution in [2.24, 2.45) is 0 Å². The number of aromatic nitrogens is 2. The zero-order chi connectivity index (χ0) is 19.9. The molecular weight excluding hydrogens is 361 g/mol. The number of ether oxygens (including phenoxy) is 1. The standard InChI is InChI=1S/C21H20FN3O3/c1-28-19-8-3-2-6-16(19)11-12-23-21(27)18-9-10-20(26)25(24-18)14-15-5-4-7-17(22)13-15/h2-10,13H,11-12,14H2,1H3,(H,23,27). The van der Waals surface area contributed by atoms with E-state index in [1.54, 1.807) is 19.2 Å². The van der Waals surface area contributed by atoms with Crippen LogP contribution in [0.4, 0.5) is 4.39 Å². The van der Waals surface area contributed by atoms with Gasteiger partial charge in [0.1, 0.15) is 17.3 Å². The maximum Gasteiger partial charge on any atom is 0.271 e. The lowest BCUT2D eigenvalue weighted by Crippen LogP contribution is -2.31. The molecule has 0 saturated carbocycles. The fourth-order valence-corrected chi connectivity index (χ4v) is 2.80. The van der Waals surface area contributed by atoms with Crippen LogP contribution in [0.1, 0.15) is 21.6 Å². The van der Waals surface area contributed by atoms with E-state index >= 15 is 0 Å². The Hall–Kier alpha value is -3.48. The molecule has 2 aromatic carbocycles. The predicted molar refractivity (Wildman–Crippen MR) is 103 cm³/mol. The molecule has 0 aliphatic rings. The summed E-state index contributed by atoms with van der Waals surface area (Å²) in [5, 5.41) is 6.89. The van der Waals surface area contributed by atoms with E-state index in [2.05, 4.69) is 10.4 Å². The van der Waals surface area contributed by atoms with Crippen LogP contribution in [0.3, 0.4) is 0 Å². The van der Waals surface area contributed by atoms with E-state index in [9.17, 15) is 14.0 Å². The zero-order valence-corrected chi connectivity index (χ0v) is 15.4. The molecule has 0 saturated heterocycles. The minimum absolute atomic E-state index is 0.0823. The lowest BCUT2D eigenvalue weighted by molar-refractivity contribution is 0.0946. The van der Waals surface area contributed by atoms with E-state index in [0.717, 1.165) is 16.0 Å². The van der Waals surface area contributed by atoms with Crippen LogP contribution in [0.25, 0.3) is 0 Å². The first-order chi connectivity index (χ1) is 13.6. The maximum absolute atomic E-state index is 13.3. The molecule has 0 fully saturated rings. The molecule has 1 amide bonds. The summed E-state index contributed by atoms with van der Waals surface area (Å²) in [6.07, 6.45) is 0.596. The van der Waals surface area contributed by atoms with Crippen molar-refractivity contribution in [2.75, 3.05) is 13.7 Å². The molecule has 0 radical (unpaired) electrons. The number of methoxy groups -OCH3 is 1. The van der Waals surface area contributed by atoms with Crippen molar-refractivity contribution in [2.45, 2.75) is 13.0 Å². The van der Waals surface area contributed by atoms with E-state index in [0.29, 0.717) is 18.5 Å². The van der Waals surface area contributed by atoms with Crippen molar-refractivity contribution >= 4 is 5.91 Å². The number of carbonyl (C=O) groups is 1. The SMILES string of the molecule is COc1ccccc1CCNC(=O)c1ccc(=O)n(Cc2cccc(F)c2)n1. The summed E-state index contributed by atoms with van der Waals surface area (Å²) >= 11 is 0. The number of hydrogen-bond acceptors (Lipinski definition) is 4. The van der Waals surface area contributed by atoms with Gasteiger partial charge in [-0.05, 0) is 41.8 Å². The Kier molecular flexibility index (Phi) is 6.16. The van der Waals surface area contributed by atoms with Crippen LogP contribution < -0.4 is 15.6 Å². The first kappa shape index (κ1) is 19.3. The van der Waals surface area contributed by atoms with Gasteiger partial charge in [0.2, 0.25) is 0 Å². The van der Waals surface area contributed by atoms with Gasteiger partial charge < -0.3 is 10.1 Å². The topological polar surface area (TPSA) is 73.2 Å². The monoisotopic (exact) mass is 381 g/mol. The molecule has 7 heteroatoms. The molecule has 0 spiro atoms. The Morgan fingerprint density at radius 1 is 1.14 bits per heavy atom. The van der Waals surface area contributed by atoms with Crippen LogP contribution in [0.15, 0.2) is 65.5 Å². The molecule has 0 bridgehead atoms. The molecule has 3 aromatic rings. The molecule has 1 heterocycles. The molecular formula is C21H20FN3O3. The van der Waals surface area contributed by atoms with Gasteiger partial charge in [-0.1, -0.05) is 30.3 Å². The van der Waals surface area contributed by atoms with E-state index < -0.39 is 5.82 Å². The summed E-state index contributed by atoms with van der Waals surface area (Å²) < 4.78 is 19.8. The minimum Gasteiger partial charge on any atom is -0.496 e. The smallest absolute Gasteiger partial charge is 0.271 e. The summed E-state index contributed by atoms with van der Waals surface area (Å²) in [4.78, 5) is 24.4. The average molecular weight is 381 g/mol. The Balaban J connectivity index is 1.66. The average Bonchev–Trinajstić information content (AvgIpc) is 2.70. The molecule has 28 heavy (non-hydrogen) atoms. The highest BCUT2D eigenvalue weighted by Crippen LogP contribution is 2.17. The van der Waals surface area contributed by atoms with Gasteiger partial charge in [0.15, 0.2) is 0 Å². The number of amides is 1. The van der Waals surface area contributed by atoms with Crippen molar-refractivity contribution in [1.82, 2.24) is 15.1 Å². The molecule has 1 aromatic heterocycles. The van der Waals surface area contributed by atoms with Gasteiger partial charge in [-0.3, -0.25) is 9.59 Å². The second kappa shape index (κ2) is 8.94.